The van der Waals surface area contributed by atoms with Crippen LogP contribution in [-0.4, -0.2) is 36.7 Å². The Morgan fingerprint density at radius 3 is 2.67 bits per heavy atom. The summed E-state index contributed by atoms with van der Waals surface area (Å²) in [6.07, 6.45) is 2.79. The summed E-state index contributed by atoms with van der Waals surface area (Å²) in [6.45, 7) is 0.546. The number of aryl methyl sites for hydroxylation is 1. The van der Waals surface area contributed by atoms with E-state index in [1.54, 1.807) is 53.2 Å². The van der Waals surface area contributed by atoms with Crippen LogP contribution in [0.5, 0.6) is 0 Å². The van der Waals surface area contributed by atoms with Gasteiger partial charge in [0, 0.05) is 25.0 Å². The molecule has 1 aromatic heterocycles. The fourth-order valence-corrected chi connectivity index (χ4v) is 4.98. The van der Waals surface area contributed by atoms with E-state index in [1.807, 2.05) is 18.2 Å². The number of carbonyl (C=O) groups is 1. The highest BCUT2D eigenvalue weighted by Gasteiger charge is 2.34. The first-order valence-corrected chi connectivity index (χ1v) is 10.3. The number of sulfonamides is 1. The summed E-state index contributed by atoms with van der Waals surface area (Å²) >= 11 is 0. The molecule has 0 radical (unpaired) electrons. The zero-order chi connectivity index (χ0) is 19.0. The zero-order valence-corrected chi connectivity index (χ0v) is 15.7. The van der Waals surface area contributed by atoms with E-state index in [4.69, 9.17) is 0 Å². The number of hydrogen-bond acceptors (Lipinski definition) is 4. The van der Waals surface area contributed by atoms with Crippen LogP contribution in [0.3, 0.4) is 0 Å². The van der Waals surface area contributed by atoms with Crippen LogP contribution < -0.4 is 9.62 Å². The first kappa shape index (κ1) is 17.7. The van der Waals surface area contributed by atoms with Gasteiger partial charge in [-0.1, -0.05) is 36.4 Å². The molecule has 4 rings (SSSR count). The van der Waals surface area contributed by atoms with Crippen LogP contribution in [0.25, 0.3) is 10.8 Å². The largest absolute Gasteiger partial charge is 0.296 e. The molecule has 1 unspecified atom stereocenters. The van der Waals surface area contributed by atoms with Crippen molar-refractivity contribution in [2.45, 2.75) is 23.8 Å². The minimum atomic E-state index is -3.84. The lowest BCUT2D eigenvalue weighted by molar-refractivity contribution is -0.121. The molecule has 1 N–H and O–H groups in total. The van der Waals surface area contributed by atoms with E-state index in [0.29, 0.717) is 30.6 Å². The molecule has 1 aliphatic heterocycles. The van der Waals surface area contributed by atoms with Crippen LogP contribution in [0, 0.1) is 0 Å². The van der Waals surface area contributed by atoms with Crippen LogP contribution in [-0.2, 0) is 21.9 Å². The van der Waals surface area contributed by atoms with E-state index < -0.39 is 16.1 Å². The van der Waals surface area contributed by atoms with E-state index in [1.165, 1.54) is 0 Å². The molecule has 140 valence electrons. The average Bonchev–Trinajstić information content (AvgIpc) is 3.08. The summed E-state index contributed by atoms with van der Waals surface area (Å²) in [6, 6.07) is 13.4. The third kappa shape index (κ3) is 3.22. The third-order valence-electron chi connectivity index (χ3n) is 4.85. The van der Waals surface area contributed by atoms with E-state index in [0.717, 1.165) is 5.39 Å². The second kappa shape index (κ2) is 6.79. The van der Waals surface area contributed by atoms with Crippen LogP contribution in [0.15, 0.2) is 59.6 Å². The maximum Gasteiger partial charge on any atom is 0.246 e. The van der Waals surface area contributed by atoms with Gasteiger partial charge >= 0.3 is 0 Å². The second-order valence-electron chi connectivity index (χ2n) is 6.60. The Morgan fingerprint density at radius 1 is 1.11 bits per heavy atom. The molecule has 0 aliphatic carbocycles. The maximum atomic E-state index is 13.0. The van der Waals surface area contributed by atoms with Crippen LogP contribution in [0.1, 0.15) is 12.8 Å². The first-order valence-electron chi connectivity index (χ1n) is 8.77. The second-order valence-corrected chi connectivity index (χ2v) is 8.28. The number of amides is 1. The molecule has 1 amide bonds. The maximum absolute atomic E-state index is 13.0. The summed E-state index contributed by atoms with van der Waals surface area (Å²) in [7, 11) is -2.09. The summed E-state index contributed by atoms with van der Waals surface area (Å²) in [5.74, 6) is 0.405. The number of nitrogens with one attached hydrogen (secondary N) is 1. The highest BCUT2D eigenvalue weighted by Crippen LogP contribution is 2.25. The number of hydrogen-bond donors (Lipinski definition) is 1. The molecule has 0 bridgehead atoms. The van der Waals surface area contributed by atoms with E-state index in [2.05, 4.69) is 9.82 Å². The topological polar surface area (TPSA) is 84.3 Å². The van der Waals surface area contributed by atoms with Crippen LogP contribution >= 0.6 is 0 Å². The van der Waals surface area contributed by atoms with Gasteiger partial charge in [0.1, 0.15) is 11.9 Å². The molecule has 1 aliphatic rings. The standard InChI is InChI=1S/C19H20N4O3S/c1-22-18(11-12-20-22)23-13-5-9-16(19(23)24)21-27(25,26)17-10-4-7-14-6-2-3-8-15(14)17/h2-4,6-8,10-12,16,21H,5,9,13H2,1H3. The molecule has 27 heavy (non-hydrogen) atoms. The molecular weight excluding hydrogens is 364 g/mol. The molecule has 0 saturated carbocycles. The van der Waals surface area contributed by atoms with Crippen molar-refractivity contribution in [2.24, 2.45) is 7.05 Å². The molecule has 1 fully saturated rings. The fraction of sp³-hybridized carbons (Fsp3) is 0.263. The molecule has 1 atom stereocenters. The summed E-state index contributed by atoms with van der Waals surface area (Å²) < 4.78 is 30.3. The minimum absolute atomic E-state index is 0.186. The summed E-state index contributed by atoms with van der Waals surface area (Å²) in [4.78, 5) is 14.7. The average molecular weight is 384 g/mol. The van der Waals surface area contributed by atoms with Gasteiger partial charge in [-0.15, -0.1) is 0 Å². The molecule has 8 heteroatoms. The van der Waals surface area contributed by atoms with E-state index in [-0.39, 0.29) is 10.8 Å². The van der Waals surface area contributed by atoms with Crippen LogP contribution in [0.2, 0.25) is 0 Å². The number of aromatic nitrogens is 2. The minimum Gasteiger partial charge on any atom is -0.296 e. The SMILES string of the molecule is Cn1nccc1N1CCCC(NS(=O)(=O)c2cccc3ccccc23)C1=O. The molecule has 2 heterocycles. The van der Waals surface area contributed by atoms with Crippen LogP contribution in [0.4, 0.5) is 5.82 Å². The van der Waals surface area contributed by atoms with Crippen molar-refractivity contribution in [1.82, 2.24) is 14.5 Å². The van der Waals surface area contributed by atoms with Crippen molar-refractivity contribution in [1.29, 1.82) is 0 Å². The van der Waals surface area contributed by atoms with Gasteiger partial charge in [-0.05, 0) is 24.3 Å². The van der Waals surface area contributed by atoms with Gasteiger partial charge in [0.2, 0.25) is 15.9 Å². The highest BCUT2D eigenvalue weighted by atomic mass is 32.2. The molecule has 0 spiro atoms. The normalized spacial score (nSPS) is 18.2. The van der Waals surface area contributed by atoms with E-state index in [9.17, 15) is 13.2 Å². The van der Waals surface area contributed by atoms with E-state index >= 15 is 0 Å². The Bertz CT molecular complexity index is 1100. The summed E-state index contributed by atoms with van der Waals surface area (Å²) in [5.41, 5.74) is 0. The Balaban J connectivity index is 1.64. The van der Waals surface area contributed by atoms with Gasteiger partial charge < -0.3 is 0 Å². The Hall–Kier alpha value is -2.71. The first-order chi connectivity index (χ1) is 13.0. The van der Waals surface area contributed by atoms with Crippen molar-refractivity contribution in [3.8, 4) is 0 Å². The van der Waals surface area contributed by atoms with Gasteiger partial charge in [-0.25, -0.2) is 8.42 Å². The van der Waals surface area contributed by atoms with Gasteiger partial charge in [0.05, 0.1) is 11.1 Å². The van der Waals surface area contributed by atoms with Gasteiger partial charge in [0.15, 0.2) is 0 Å². The number of nitrogens with zero attached hydrogens (tertiary/aromatic N) is 3. The molecule has 1 saturated heterocycles. The number of rotatable bonds is 4. The van der Waals surface area contributed by atoms with Crippen molar-refractivity contribution in [2.75, 3.05) is 11.4 Å². The smallest absolute Gasteiger partial charge is 0.246 e. The number of piperidine rings is 1. The number of anilines is 1. The molecule has 7 nitrogen and oxygen atoms in total. The van der Waals surface area contributed by atoms with Gasteiger partial charge in [-0.2, -0.15) is 9.82 Å². The monoisotopic (exact) mass is 384 g/mol. The third-order valence-corrected chi connectivity index (χ3v) is 6.38. The molecule has 3 aromatic rings. The van der Waals surface area contributed by atoms with Crippen molar-refractivity contribution in [3.05, 3.63) is 54.7 Å². The number of carbonyl (C=O) groups excluding carboxylic acids is 1. The Kier molecular flexibility index (Phi) is 4.45. The quantitative estimate of drug-likeness (QED) is 0.746. The van der Waals surface area contributed by atoms with Gasteiger partial charge in [0.25, 0.3) is 0 Å². The lowest BCUT2D eigenvalue weighted by atomic mass is 10.1. The zero-order valence-electron chi connectivity index (χ0n) is 14.9. The molecular formula is C19H20N4O3S. The lowest BCUT2D eigenvalue weighted by Gasteiger charge is -2.32. The summed E-state index contributed by atoms with van der Waals surface area (Å²) in [5, 5.41) is 5.57. The predicted molar refractivity (Wildman–Crippen MR) is 103 cm³/mol. The highest BCUT2D eigenvalue weighted by molar-refractivity contribution is 7.89. The van der Waals surface area contributed by atoms with Crippen molar-refractivity contribution in [3.63, 3.8) is 0 Å². The Morgan fingerprint density at radius 2 is 1.89 bits per heavy atom. The van der Waals surface area contributed by atoms with Crippen molar-refractivity contribution < 1.29 is 13.2 Å². The fourth-order valence-electron chi connectivity index (χ4n) is 3.52. The number of benzene rings is 2. The number of fused-ring (bicyclic) bond motifs is 1. The van der Waals surface area contributed by atoms with Gasteiger partial charge in [-0.3, -0.25) is 14.4 Å². The predicted octanol–water partition coefficient (Wildman–Crippen LogP) is 2.05. The lowest BCUT2D eigenvalue weighted by Crippen LogP contribution is -2.52. The Labute approximate surface area is 157 Å². The van der Waals surface area contributed by atoms with Crippen molar-refractivity contribution >= 4 is 32.5 Å². The molecule has 2 aromatic carbocycles.